The maximum atomic E-state index is 9.75. The van der Waals surface area contributed by atoms with Gasteiger partial charge >= 0.3 is 0 Å². The van der Waals surface area contributed by atoms with Crippen molar-refractivity contribution < 1.29 is 5.11 Å². The highest BCUT2D eigenvalue weighted by Gasteiger charge is 2.34. The van der Waals surface area contributed by atoms with E-state index in [-0.39, 0.29) is 6.10 Å². The van der Waals surface area contributed by atoms with Crippen LogP contribution in [0.4, 0.5) is 0 Å². The van der Waals surface area contributed by atoms with Crippen molar-refractivity contribution in [2.45, 2.75) is 44.4 Å². The molecule has 16 heavy (non-hydrogen) atoms. The fourth-order valence-electron chi connectivity index (χ4n) is 2.57. The van der Waals surface area contributed by atoms with Gasteiger partial charge in [0.25, 0.3) is 0 Å². The largest absolute Gasteiger partial charge is 0.392 e. The van der Waals surface area contributed by atoms with Crippen LogP contribution in [0.5, 0.6) is 0 Å². The molecule has 3 unspecified atom stereocenters. The lowest BCUT2D eigenvalue weighted by molar-refractivity contribution is 0.134. The topological polar surface area (TPSA) is 50.5 Å². The first-order valence-electron chi connectivity index (χ1n) is 6.04. The van der Waals surface area contributed by atoms with E-state index in [1.807, 2.05) is 14.1 Å². The fraction of sp³-hybridized carbons (Fsp3) is 0.917. The molecule has 1 aliphatic rings. The number of hydrogen-bond acceptors (Lipinski definition) is 4. The third-order valence-corrected chi connectivity index (χ3v) is 3.28. The first kappa shape index (κ1) is 13.4. The number of likely N-dealkylation sites (N-methyl/N-ethyl adjacent to an activating group) is 1. The average molecular weight is 225 g/mol. The number of aliphatic hydroxyl groups is 1. The van der Waals surface area contributed by atoms with Gasteiger partial charge in [0.15, 0.2) is 0 Å². The smallest absolute Gasteiger partial charge is 0.0682 e. The summed E-state index contributed by atoms with van der Waals surface area (Å²) in [5.41, 5.74) is 0. The van der Waals surface area contributed by atoms with Gasteiger partial charge in [-0.2, -0.15) is 5.26 Å². The molecule has 0 bridgehead atoms. The van der Waals surface area contributed by atoms with Crippen molar-refractivity contribution in [3.8, 4) is 6.07 Å². The Balaban J connectivity index is 2.63. The van der Waals surface area contributed by atoms with Crippen LogP contribution < -0.4 is 0 Å². The van der Waals surface area contributed by atoms with Crippen LogP contribution in [0, 0.1) is 11.3 Å². The zero-order valence-electron chi connectivity index (χ0n) is 10.6. The second-order valence-electron chi connectivity index (χ2n) is 4.93. The minimum Gasteiger partial charge on any atom is -0.392 e. The van der Waals surface area contributed by atoms with Gasteiger partial charge in [0.05, 0.1) is 18.6 Å². The molecule has 0 saturated carbocycles. The highest BCUT2D eigenvalue weighted by atomic mass is 16.3. The van der Waals surface area contributed by atoms with E-state index in [0.717, 1.165) is 25.9 Å². The minimum absolute atomic E-state index is 0.224. The van der Waals surface area contributed by atoms with Crippen LogP contribution in [0.15, 0.2) is 0 Å². The Bertz CT molecular complexity index is 249. The van der Waals surface area contributed by atoms with Gasteiger partial charge in [0.2, 0.25) is 0 Å². The first-order valence-corrected chi connectivity index (χ1v) is 6.04. The van der Waals surface area contributed by atoms with Crippen molar-refractivity contribution in [2.24, 2.45) is 0 Å². The van der Waals surface area contributed by atoms with Gasteiger partial charge in [-0.25, -0.2) is 0 Å². The summed E-state index contributed by atoms with van der Waals surface area (Å²) in [4.78, 5) is 4.46. The Labute approximate surface area is 98.5 Å². The number of hydrogen-bond donors (Lipinski definition) is 1. The molecule has 1 saturated heterocycles. The van der Waals surface area contributed by atoms with Gasteiger partial charge in [-0.05, 0) is 26.9 Å². The molecule has 0 amide bonds. The van der Waals surface area contributed by atoms with Gasteiger partial charge in [-0.1, -0.05) is 6.92 Å². The summed E-state index contributed by atoms with van der Waals surface area (Å²) in [6, 6.07) is 2.94. The number of β-amino-alcohol motifs (C(OH)–C–C–N with tert-alkyl or cyclic N) is 1. The number of aliphatic hydroxyl groups excluding tert-OH is 1. The molecule has 3 atom stereocenters. The van der Waals surface area contributed by atoms with Crippen molar-refractivity contribution in [3.05, 3.63) is 0 Å². The van der Waals surface area contributed by atoms with E-state index in [4.69, 9.17) is 5.26 Å². The third kappa shape index (κ3) is 3.44. The lowest BCUT2D eigenvalue weighted by Crippen LogP contribution is -2.43. The van der Waals surface area contributed by atoms with E-state index in [9.17, 15) is 5.11 Å². The second-order valence-corrected chi connectivity index (χ2v) is 4.93. The quantitative estimate of drug-likeness (QED) is 0.747. The molecule has 1 heterocycles. The highest BCUT2D eigenvalue weighted by molar-refractivity contribution is 4.93. The first-order chi connectivity index (χ1) is 7.58. The molecule has 0 spiro atoms. The van der Waals surface area contributed by atoms with Crippen LogP contribution in [-0.2, 0) is 0 Å². The normalized spacial score (nSPS) is 28.2. The molecule has 1 aliphatic heterocycles. The van der Waals surface area contributed by atoms with Crippen LogP contribution in [0.3, 0.4) is 0 Å². The van der Waals surface area contributed by atoms with Crippen LogP contribution >= 0.6 is 0 Å². The maximum Gasteiger partial charge on any atom is 0.0682 e. The third-order valence-electron chi connectivity index (χ3n) is 3.28. The Morgan fingerprint density at radius 2 is 2.25 bits per heavy atom. The lowest BCUT2D eigenvalue weighted by Gasteiger charge is -2.32. The summed E-state index contributed by atoms with van der Waals surface area (Å²) in [6.07, 6.45) is 2.15. The highest BCUT2D eigenvalue weighted by Crippen LogP contribution is 2.23. The molecular weight excluding hydrogens is 202 g/mol. The van der Waals surface area contributed by atoms with E-state index in [0.29, 0.717) is 18.5 Å². The van der Waals surface area contributed by atoms with Crippen LogP contribution in [0.25, 0.3) is 0 Å². The molecule has 4 heteroatoms. The minimum atomic E-state index is -0.224. The van der Waals surface area contributed by atoms with Crippen molar-refractivity contribution in [1.82, 2.24) is 9.80 Å². The molecule has 0 aromatic rings. The van der Waals surface area contributed by atoms with Gasteiger partial charge in [-0.3, -0.25) is 4.90 Å². The van der Waals surface area contributed by atoms with Gasteiger partial charge < -0.3 is 10.0 Å². The van der Waals surface area contributed by atoms with Gasteiger partial charge in [0.1, 0.15) is 0 Å². The van der Waals surface area contributed by atoms with E-state index >= 15 is 0 Å². The summed E-state index contributed by atoms with van der Waals surface area (Å²) in [5.74, 6) is 0. The van der Waals surface area contributed by atoms with Crippen molar-refractivity contribution in [3.63, 3.8) is 0 Å². The molecule has 1 fully saturated rings. The summed E-state index contributed by atoms with van der Waals surface area (Å²) in [5, 5.41) is 18.6. The predicted molar refractivity (Wildman–Crippen MR) is 64.0 cm³/mol. The fourth-order valence-corrected chi connectivity index (χ4v) is 2.57. The summed E-state index contributed by atoms with van der Waals surface area (Å²) in [7, 11) is 4.10. The van der Waals surface area contributed by atoms with Crippen molar-refractivity contribution in [2.75, 3.05) is 27.2 Å². The average Bonchev–Trinajstić information content (AvgIpc) is 2.55. The summed E-state index contributed by atoms with van der Waals surface area (Å²) < 4.78 is 0. The molecule has 0 radical (unpaired) electrons. The molecule has 4 nitrogen and oxygen atoms in total. The Kier molecular flexibility index (Phi) is 5.20. The Morgan fingerprint density at radius 3 is 2.75 bits per heavy atom. The SMILES string of the molecule is CCC(CC#N)N1CC(O)CC1CN(C)C. The van der Waals surface area contributed by atoms with E-state index in [1.165, 1.54) is 0 Å². The molecule has 92 valence electrons. The van der Waals surface area contributed by atoms with E-state index in [2.05, 4.69) is 22.8 Å². The second kappa shape index (κ2) is 6.19. The van der Waals surface area contributed by atoms with Crippen molar-refractivity contribution >= 4 is 0 Å². The van der Waals surface area contributed by atoms with E-state index in [1.54, 1.807) is 0 Å². The molecule has 0 aliphatic carbocycles. The zero-order valence-corrected chi connectivity index (χ0v) is 10.6. The standard InChI is InChI=1S/C12H23N3O/c1-4-10(5-6-13)15-9-12(16)7-11(15)8-14(2)3/h10-12,16H,4-5,7-9H2,1-3H3. The van der Waals surface area contributed by atoms with Crippen LogP contribution in [0.1, 0.15) is 26.2 Å². The van der Waals surface area contributed by atoms with Crippen LogP contribution in [0.2, 0.25) is 0 Å². The predicted octanol–water partition coefficient (Wildman–Crippen LogP) is 0.675. The Morgan fingerprint density at radius 1 is 1.56 bits per heavy atom. The van der Waals surface area contributed by atoms with Gasteiger partial charge in [0, 0.05) is 25.2 Å². The number of nitrogens with zero attached hydrogens (tertiary/aromatic N) is 3. The van der Waals surface area contributed by atoms with Crippen LogP contribution in [-0.4, -0.2) is 60.3 Å². The molecule has 1 rings (SSSR count). The Hall–Kier alpha value is -0.630. The number of likely N-dealkylation sites (tertiary alicyclic amines) is 1. The monoisotopic (exact) mass is 225 g/mol. The zero-order chi connectivity index (χ0) is 12.1. The van der Waals surface area contributed by atoms with Crippen molar-refractivity contribution in [1.29, 1.82) is 5.26 Å². The summed E-state index contributed by atoms with van der Waals surface area (Å²) >= 11 is 0. The van der Waals surface area contributed by atoms with E-state index < -0.39 is 0 Å². The summed E-state index contributed by atoms with van der Waals surface area (Å²) in [6.45, 7) is 3.79. The lowest BCUT2D eigenvalue weighted by atomic mass is 10.1. The molecule has 0 aromatic heterocycles. The molecular formula is C12H23N3O. The molecule has 0 aromatic carbocycles. The molecule has 1 N–H and O–H groups in total. The number of nitriles is 1. The van der Waals surface area contributed by atoms with Gasteiger partial charge in [-0.15, -0.1) is 0 Å². The maximum absolute atomic E-state index is 9.75. The number of rotatable bonds is 5.